The second kappa shape index (κ2) is 6.80. The van der Waals surface area contributed by atoms with Crippen LogP contribution in [0.15, 0.2) is 21.1 Å². The maximum absolute atomic E-state index is 5.96. The van der Waals surface area contributed by atoms with Crippen molar-refractivity contribution in [2.24, 2.45) is 5.92 Å². The van der Waals surface area contributed by atoms with Crippen LogP contribution in [0.3, 0.4) is 0 Å². The first-order chi connectivity index (χ1) is 9.35. The summed E-state index contributed by atoms with van der Waals surface area (Å²) in [5.74, 6) is 1.67. The van der Waals surface area contributed by atoms with Crippen molar-refractivity contribution in [2.45, 2.75) is 52.1 Å². The fourth-order valence-electron chi connectivity index (χ4n) is 2.08. The molecule has 20 heavy (non-hydrogen) atoms. The number of rotatable bonds is 5. The van der Waals surface area contributed by atoms with Crippen molar-refractivity contribution in [2.75, 3.05) is 6.61 Å². The molecular weight excluding hydrogens is 382 g/mol. The van der Waals surface area contributed by atoms with Crippen LogP contribution in [0.4, 0.5) is 0 Å². The maximum atomic E-state index is 5.96. The van der Waals surface area contributed by atoms with E-state index in [9.17, 15) is 0 Å². The second-order valence-electron chi connectivity index (χ2n) is 6.60. The molecular formula is C16H23Br2NO. The van der Waals surface area contributed by atoms with Crippen LogP contribution in [0.25, 0.3) is 0 Å². The van der Waals surface area contributed by atoms with Crippen molar-refractivity contribution in [1.82, 2.24) is 5.32 Å². The Hall–Kier alpha value is -0.0600. The van der Waals surface area contributed by atoms with Gasteiger partial charge in [-0.15, -0.1) is 0 Å². The number of ether oxygens (including phenoxy) is 1. The van der Waals surface area contributed by atoms with Gasteiger partial charge in [-0.1, -0.05) is 6.42 Å². The van der Waals surface area contributed by atoms with Crippen molar-refractivity contribution in [3.8, 4) is 5.75 Å². The van der Waals surface area contributed by atoms with Crippen LogP contribution in [0.1, 0.15) is 45.6 Å². The van der Waals surface area contributed by atoms with Gasteiger partial charge in [-0.05, 0) is 89.1 Å². The summed E-state index contributed by atoms with van der Waals surface area (Å²) in [6, 6.07) is 4.28. The first-order valence-electron chi connectivity index (χ1n) is 7.21. The fraction of sp³-hybridized carbons (Fsp3) is 0.625. The molecule has 1 aliphatic carbocycles. The van der Waals surface area contributed by atoms with Crippen LogP contribution in [0.5, 0.6) is 5.75 Å². The topological polar surface area (TPSA) is 21.3 Å². The normalized spacial score (nSPS) is 16.1. The molecule has 0 radical (unpaired) electrons. The van der Waals surface area contributed by atoms with Crippen molar-refractivity contribution >= 4 is 31.9 Å². The van der Waals surface area contributed by atoms with E-state index < -0.39 is 0 Å². The highest BCUT2D eigenvalue weighted by atomic mass is 79.9. The Morgan fingerprint density at radius 2 is 1.80 bits per heavy atom. The van der Waals surface area contributed by atoms with Crippen molar-refractivity contribution in [3.05, 3.63) is 26.6 Å². The van der Waals surface area contributed by atoms with Gasteiger partial charge >= 0.3 is 0 Å². The summed E-state index contributed by atoms with van der Waals surface area (Å²) >= 11 is 7.25. The van der Waals surface area contributed by atoms with Crippen LogP contribution in [-0.4, -0.2) is 12.1 Å². The van der Waals surface area contributed by atoms with E-state index >= 15 is 0 Å². The Labute approximate surface area is 138 Å². The Morgan fingerprint density at radius 3 is 2.25 bits per heavy atom. The zero-order chi connectivity index (χ0) is 14.8. The molecule has 0 bridgehead atoms. The zero-order valence-corrected chi connectivity index (χ0v) is 15.6. The van der Waals surface area contributed by atoms with Crippen molar-refractivity contribution < 1.29 is 4.74 Å². The lowest BCUT2D eigenvalue weighted by Crippen LogP contribution is -2.35. The first-order valence-corrected chi connectivity index (χ1v) is 8.79. The molecule has 0 unspecified atom stereocenters. The molecule has 1 saturated carbocycles. The Kier molecular flexibility index (Phi) is 5.55. The van der Waals surface area contributed by atoms with Crippen LogP contribution in [0, 0.1) is 5.92 Å². The molecule has 4 heteroatoms. The Morgan fingerprint density at radius 1 is 1.20 bits per heavy atom. The lowest BCUT2D eigenvalue weighted by Gasteiger charge is -2.26. The molecule has 2 nitrogen and oxygen atoms in total. The molecule has 0 atom stereocenters. The van der Waals surface area contributed by atoms with E-state index in [1.54, 1.807) is 0 Å². The average molecular weight is 405 g/mol. The third kappa shape index (κ3) is 4.74. The van der Waals surface area contributed by atoms with Crippen LogP contribution in [0.2, 0.25) is 0 Å². The molecule has 2 rings (SSSR count). The molecule has 0 saturated heterocycles. The minimum atomic E-state index is 0.123. The average Bonchev–Trinajstić information content (AvgIpc) is 2.26. The van der Waals surface area contributed by atoms with E-state index in [0.29, 0.717) is 0 Å². The van der Waals surface area contributed by atoms with Gasteiger partial charge in [0.25, 0.3) is 0 Å². The summed E-state index contributed by atoms with van der Waals surface area (Å²) < 4.78 is 8.01. The van der Waals surface area contributed by atoms with Gasteiger partial charge in [-0.3, -0.25) is 0 Å². The van der Waals surface area contributed by atoms with Crippen LogP contribution >= 0.6 is 31.9 Å². The number of nitrogens with one attached hydrogen (secondary N) is 1. The minimum Gasteiger partial charge on any atom is -0.491 e. The van der Waals surface area contributed by atoms with Crippen LogP contribution in [-0.2, 0) is 6.54 Å². The van der Waals surface area contributed by atoms with E-state index in [-0.39, 0.29) is 5.54 Å². The zero-order valence-electron chi connectivity index (χ0n) is 12.4. The first kappa shape index (κ1) is 16.3. The van der Waals surface area contributed by atoms with Crippen molar-refractivity contribution in [1.29, 1.82) is 0 Å². The van der Waals surface area contributed by atoms with Crippen molar-refractivity contribution in [3.63, 3.8) is 0 Å². The third-order valence-corrected chi connectivity index (χ3v) is 4.75. The predicted molar refractivity (Wildman–Crippen MR) is 91.3 cm³/mol. The Balaban J connectivity index is 1.99. The molecule has 1 aliphatic rings. The molecule has 112 valence electrons. The monoisotopic (exact) mass is 403 g/mol. The van der Waals surface area contributed by atoms with Gasteiger partial charge in [-0.25, -0.2) is 0 Å². The molecule has 0 amide bonds. The maximum Gasteiger partial charge on any atom is 0.147 e. The van der Waals surface area contributed by atoms with Gasteiger partial charge < -0.3 is 10.1 Å². The number of halogens is 2. The standard InChI is InChI=1S/C16H23Br2NO/c1-16(2,3)19-9-12-7-13(17)15(14(18)8-12)20-10-11-5-4-6-11/h7-8,11,19H,4-6,9-10H2,1-3H3. The minimum absolute atomic E-state index is 0.123. The van der Waals surface area contributed by atoms with Crippen LogP contribution < -0.4 is 10.1 Å². The van der Waals surface area contributed by atoms with Gasteiger partial charge in [0.1, 0.15) is 5.75 Å². The van der Waals surface area contributed by atoms with E-state index in [0.717, 1.165) is 33.8 Å². The van der Waals surface area contributed by atoms with E-state index in [2.05, 4.69) is 70.1 Å². The van der Waals surface area contributed by atoms with E-state index in [1.807, 2.05) is 0 Å². The largest absolute Gasteiger partial charge is 0.491 e. The molecule has 1 fully saturated rings. The second-order valence-corrected chi connectivity index (χ2v) is 8.31. The number of hydrogen-bond donors (Lipinski definition) is 1. The number of hydrogen-bond acceptors (Lipinski definition) is 2. The summed E-state index contributed by atoms with van der Waals surface area (Å²) in [6.07, 6.45) is 3.97. The summed E-state index contributed by atoms with van der Waals surface area (Å²) in [5, 5.41) is 3.50. The Bertz CT molecular complexity index is 441. The molecule has 1 aromatic carbocycles. The SMILES string of the molecule is CC(C)(C)NCc1cc(Br)c(OCC2CCC2)c(Br)c1. The van der Waals surface area contributed by atoms with Gasteiger partial charge in [0, 0.05) is 12.1 Å². The quantitative estimate of drug-likeness (QED) is 0.720. The molecule has 1 N–H and O–H groups in total. The van der Waals surface area contributed by atoms with Gasteiger partial charge in [-0.2, -0.15) is 0 Å². The van der Waals surface area contributed by atoms with Gasteiger partial charge in [0.15, 0.2) is 0 Å². The highest BCUT2D eigenvalue weighted by Crippen LogP contribution is 2.36. The van der Waals surface area contributed by atoms with E-state index in [4.69, 9.17) is 4.74 Å². The van der Waals surface area contributed by atoms with E-state index in [1.165, 1.54) is 24.8 Å². The molecule has 1 aromatic rings. The summed E-state index contributed by atoms with van der Waals surface area (Å²) in [7, 11) is 0. The number of benzene rings is 1. The highest BCUT2D eigenvalue weighted by Gasteiger charge is 2.19. The lowest BCUT2D eigenvalue weighted by atomic mass is 9.86. The summed E-state index contributed by atoms with van der Waals surface area (Å²) in [6.45, 7) is 8.20. The highest BCUT2D eigenvalue weighted by molar-refractivity contribution is 9.11. The molecule has 0 aliphatic heterocycles. The third-order valence-electron chi connectivity index (χ3n) is 3.57. The summed E-state index contributed by atoms with van der Waals surface area (Å²) in [5.41, 5.74) is 1.37. The van der Waals surface area contributed by atoms with Gasteiger partial charge in [0.2, 0.25) is 0 Å². The predicted octanol–water partition coefficient (Wildman–Crippen LogP) is 5.28. The molecule has 0 aromatic heterocycles. The molecule has 0 heterocycles. The fourth-order valence-corrected chi connectivity index (χ4v) is 3.59. The van der Waals surface area contributed by atoms with Gasteiger partial charge in [0.05, 0.1) is 15.6 Å². The lowest BCUT2D eigenvalue weighted by molar-refractivity contribution is 0.179. The smallest absolute Gasteiger partial charge is 0.147 e. The molecule has 0 spiro atoms. The summed E-state index contributed by atoms with van der Waals surface area (Å²) in [4.78, 5) is 0.